The van der Waals surface area contributed by atoms with Crippen molar-refractivity contribution in [3.05, 3.63) is 10.1 Å². The Labute approximate surface area is 57.8 Å². The van der Waals surface area contributed by atoms with Gasteiger partial charge in [-0.1, -0.05) is 0 Å². The normalized spacial score (nSPS) is 13.9. The maximum absolute atomic E-state index is 8.36. The van der Waals surface area contributed by atoms with Crippen LogP contribution in [0, 0.1) is 10.1 Å². The fraction of sp³-hybridized carbons (Fsp3) is 0. The van der Waals surface area contributed by atoms with E-state index in [1.165, 1.54) is 0 Å². The molecular weight excluding hydrogens is 191 g/mol. The second kappa shape index (κ2) is 3.06. The Morgan fingerprint density at radius 3 is 1.20 bits per heavy atom. The van der Waals surface area contributed by atoms with E-state index in [9.17, 15) is 0 Å². The summed E-state index contributed by atoms with van der Waals surface area (Å²) in [5, 5.41) is 13.6. The molecule has 11 N–H and O–H groups in total. The third-order valence-electron chi connectivity index (χ3n) is 0. The first-order chi connectivity index (χ1) is 3.97. The standard InChI is InChI=1S/Co.HNO3.5H2N/c;2-1(3)4;;;;;/h;(H,2,3,4);5*1H2/q+5;;5*-1. The molecule has 0 aliphatic heterocycles. The zero-order chi connectivity index (χ0) is 9.02. The quantitative estimate of drug-likeness (QED) is 0.173. The van der Waals surface area contributed by atoms with Crippen molar-refractivity contribution in [1.82, 2.24) is 0 Å². The van der Waals surface area contributed by atoms with Gasteiger partial charge in [-0.05, 0) is 0 Å². The van der Waals surface area contributed by atoms with E-state index in [4.69, 9.17) is 39.2 Å². The SMILES string of the molecule is O=[N+]([O-])O.[NH2][Co]([NH2])([NH2])([NH2])[NH2]. The molecule has 0 aliphatic carbocycles. The van der Waals surface area contributed by atoms with E-state index in [0.717, 1.165) is 0 Å². The van der Waals surface area contributed by atoms with Gasteiger partial charge < -0.3 is 5.21 Å². The van der Waals surface area contributed by atoms with Crippen molar-refractivity contribution in [3.63, 3.8) is 0 Å². The van der Waals surface area contributed by atoms with E-state index in [1.807, 2.05) is 0 Å². The van der Waals surface area contributed by atoms with Crippen molar-refractivity contribution in [3.8, 4) is 0 Å². The molecule has 0 unspecified atom stereocenters. The van der Waals surface area contributed by atoms with Crippen molar-refractivity contribution < 1.29 is 22.9 Å². The van der Waals surface area contributed by atoms with Crippen molar-refractivity contribution in [2.24, 2.45) is 23.9 Å². The minimum atomic E-state index is -3.54. The molecule has 0 spiro atoms. The zero-order valence-corrected chi connectivity index (χ0v) is 5.97. The monoisotopic (exact) mass is 202 g/mol. The number of nitrogens with two attached hydrogens (primary N) is 5. The van der Waals surface area contributed by atoms with Gasteiger partial charge in [-0.25, -0.2) is 0 Å². The first kappa shape index (κ1) is 12.2. The average molecular weight is 202 g/mol. The Morgan fingerprint density at radius 1 is 1.20 bits per heavy atom. The molecule has 0 heterocycles. The summed E-state index contributed by atoms with van der Waals surface area (Å²) in [7, 11) is 0. The minimum absolute atomic E-state index is 1.50. The van der Waals surface area contributed by atoms with Crippen molar-refractivity contribution in [2.45, 2.75) is 0 Å². The first-order valence-electron chi connectivity index (χ1n) is 1.53. The van der Waals surface area contributed by atoms with Gasteiger partial charge in [0.2, 0.25) is 0 Å². The second-order valence-electron chi connectivity index (χ2n) is 1.35. The molecule has 0 radical (unpaired) electrons. The second-order valence-corrected chi connectivity index (χ2v) is 4.82. The Morgan fingerprint density at radius 2 is 1.20 bits per heavy atom. The predicted molar refractivity (Wildman–Crippen MR) is 29.7 cm³/mol. The fourth-order valence-electron chi connectivity index (χ4n) is 0. The maximum atomic E-state index is 8.36. The van der Waals surface area contributed by atoms with Crippen LogP contribution < -0.4 is 23.9 Å². The number of nitrogens with zero attached hydrogens (tertiary/aromatic N) is 1. The number of hydrogen-bond donors (Lipinski definition) is 6. The van der Waals surface area contributed by atoms with Crippen molar-refractivity contribution >= 4 is 0 Å². The van der Waals surface area contributed by atoms with Crippen LogP contribution >= 0.6 is 0 Å². The molecule has 68 valence electrons. The summed E-state index contributed by atoms with van der Waals surface area (Å²) in [4.78, 5) is 32.5. The average Bonchev–Trinajstić information content (AvgIpc) is 1.14. The molecule has 10 heavy (non-hydrogen) atoms. The van der Waals surface area contributed by atoms with Crippen LogP contribution in [0.3, 0.4) is 0 Å². The molecule has 0 fully saturated rings. The molecule has 0 amide bonds. The number of rotatable bonds is 0. The van der Waals surface area contributed by atoms with Crippen LogP contribution in [0.4, 0.5) is 0 Å². The van der Waals surface area contributed by atoms with E-state index < -0.39 is 17.7 Å². The summed E-state index contributed by atoms with van der Waals surface area (Å²) in [6.45, 7) is 0. The van der Waals surface area contributed by atoms with E-state index in [1.54, 1.807) is 0 Å². The van der Waals surface area contributed by atoms with Gasteiger partial charge in [0, 0.05) is 0 Å². The van der Waals surface area contributed by atoms with Crippen molar-refractivity contribution in [2.75, 3.05) is 0 Å². The summed E-state index contributed by atoms with van der Waals surface area (Å²) in [5.41, 5.74) is 0. The molecule has 0 bridgehead atoms. The summed E-state index contributed by atoms with van der Waals surface area (Å²) in [5.74, 6) is 0. The van der Waals surface area contributed by atoms with Gasteiger partial charge in [0.25, 0.3) is 5.09 Å². The van der Waals surface area contributed by atoms with E-state index in [0.29, 0.717) is 0 Å². The van der Waals surface area contributed by atoms with Gasteiger partial charge in [0.15, 0.2) is 0 Å². The first-order valence-corrected chi connectivity index (χ1v) is 4.53. The molecule has 0 atom stereocenters. The Bertz CT molecular complexity index is 99.7. The van der Waals surface area contributed by atoms with Crippen molar-refractivity contribution in [1.29, 1.82) is 0 Å². The molecule has 9 nitrogen and oxygen atoms in total. The zero-order valence-electron chi connectivity index (χ0n) is 4.93. The van der Waals surface area contributed by atoms with E-state index >= 15 is 0 Å². The summed E-state index contributed by atoms with van der Waals surface area (Å²) >= 11 is -3.54. The van der Waals surface area contributed by atoms with Gasteiger partial charge in [-0.3, -0.25) is 0 Å². The topological polar surface area (TPSA) is 193 Å². The molecule has 0 aromatic heterocycles. The third-order valence-corrected chi connectivity index (χ3v) is 0. The van der Waals surface area contributed by atoms with Crippen LogP contribution in [-0.4, -0.2) is 10.3 Å². The summed E-state index contributed by atoms with van der Waals surface area (Å²) in [6, 6.07) is 0. The van der Waals surface area contributed by atoms with Crippen LogP contribution in [0.25, 0.3) is 0 Å². The van der Waals surface area contributed by atoms with E-state index in [-0.39, 0.29) is 0 Å². The summed E-state index contributed by atoms with van der Waals surface area (Å²) < 4.78 is 0. The van der Waals surface area contributed by atoms with Crippen LogP contribution in [0.15, 0.2) is 0 Å². The predicted octanol–water partition coefficient (Wildman–Crippen LogP) is -3.30. The van der Waals surface area contributed by atoms with Crippen LogP contribution in [0.2, 0.25) is 0 Å². The Balaban J connectivity index is 0. The Hall–Kier alpha value is -0.494. The van der Waals surface area contributed by atoms with Crippen LogP contribution in [0.1, 0.15) is 0 Å². The van der Waals surface area contributed by atoms with E-state index in [2.05, 4.69) is 0 Å². The van der Waals surface area contributed by atoms with Gasteiger partial charge in [0.05, 0.1) is 0 Å². The van der Waals surface area contributed by atoms with Crippen LogP contribution in [0.5, 0.6) is 0 Å². The third kappa shape index (κ3) is 1300. The summed E-state index contributed by atoms with van der Waals surface area (Å²) in [6.07, 6.45) is 0. The van der Waals surface area contributed by atoms with Gasteiger partial charge in [-0.2, -0.15) is 0 Å². The molecular formula is H11CoN6O3. The van der Waals surface area contributed by atoms with Crippen LogP contribution in [-0.2, 0) is 12.7 Å². The van der Waals surface area contributed by atoms with Gasteiger partial charge in [0.1, 0.15) is 0 Å². The molecule has 0 aliphatic rings. The fourth-order valence-corrected chi connectivity index (χ4v) is 0. The molecule has 0 saturated heterocycles. The molecule has 0 rings (SSSR count). The Kier molecular flexibility index (Phi) is 3.74. The molecule has 0 aromatic carbocycles. The number of hydrogen-bond acceptors (Lipinski definition) is 7. The molecule has 0 aromatic rings. The van der Waals surface area contributed by atoms with Gasteiger partial charge >= 0.3 is 36.6 Å². The molecule has 0 saturated carbocycles. The van der Waals surface area contributed by atoms with Gasteiger partial charge in [-0.15, -0.1) is 10.1 Å². The molecule has 10 heteroatoms.